The lowest BCUT2D eigenvalue weighted by Crippen LogP contribution is -2.27. The van der Waals surface area contributed by atoms with Gasteiger partial charge < -0.3 is 14.5 Å². The number of Topliss-reactive ketones (excluding diaryl/α,β-unsaturated/α-hetero) is 1. The third-order valence-corrected chi connectivity index (χ3v) is 4.19. The van der Waals surface area contributed by atoms with Gasteiger partial charge in [-0.05, 0) is 58.1 Å². The van der Waals surface area contributed by atoms with Gasteiger partial charge in [0.25, 0.3) is 0 Å². The second kappa shape index (κ2) is 7.05. The zero-order chi connectivity index (χ0) is 15.4. The van der Waals surface area contributed by atoms with Crippen LogP contribution in [0.25, 0.3) is 0 Å². The molecule has 1 atom stereocenters. The van der Waals surface area contributed by atoms with Gasteiger partial charge in [-0.3, -0.25) is 4.79 Å². The van der Waals surface area contributed by atoms with E-state index in [1.54, 1.807) is 14.0 Å². The maximum absolute atomic E-state index is 11.5. The van der Waals surface area contributed by atoms with Crippen molar-refractivity contribution in [3.05, 3.63) is 29.3 Å². The third kappa shape index (κ3) is 4.29. The van der Waals surface area contributed by atoms with Gasteiger partial charge in [0.2, 0.25) is 0 Å². The Morgan fingerprint density at radius 3 is 2.81 bits per heavy atom. The third-order valence-electron chi connectivity index (χ3n) is 4.19. The Kier molecular flexibility index (Phi) is 5.37. The molecule has 0 N–H and O–H groups in total. The summed E-state index contributed by atoms with van der Waals surface area (Å²) in [5, 5.41) is 0. The number of hydrogen-bond donors (Lipinski definition) is 0. The van der Waals surface area contributed by atoms with Crippen LogP contribution < -0.4 is 4.74 Å². The van der Waals surface area contributed by atoms with E-state index in [1.165, 1.54) is 19.5 Å². The van der Waals surface area contributed by atoms with Crippen LogP contribution in [0.3, 0.4) is 0 Å². The standard InChI is InChI=1S/C17H26N2O2/c1-13(20)15-5-6-17(21-4)16(9-15)12-19(3)11-14-7-8-18(2)10-14/h5-6,9,14H,7-8,10-12H2,1-4H3. The predicted molar refractivity (Wildman–Crippen MR) is 84.9 cm³/mol. The van der Waals surface area contributed by atoms with E-state index < -0.39 is 0 Å². The monoisotopic (exact) mass is 290 g/mol. The molecule has 116 valence electrons. The van der Waals surface area contributed by atoms with Crippen molar-refractivity contribution in [1.82, 2.24) is 9.80 Å². The van der Waals surface area contributed by atoms with E-state index in [0.717, 1.165) is 35.9 Å². The molecule has 1 aromatic rings. The molecule has 1 saturated heterocycles. The van der Waals surface area contributed by atoms with Crippen LogP contribution in [-0.4, -0.2) is 56.4 Å². The Balaban J connectivity index is 2.03. The summed E-state index contributed by atoms with van der Waals surface area (Å²) in [6, 6.07) is 5.68. The van der Waals surface area contributed by atoms with Crippen LogP contribution in [0.1, 0.15) is 29.3 Å². The molecular weight excluding hydrogens is 264 g/mol. The van der Waals surface area contributed by atoms with Gasteiger partial charge in [-0.2, -0.15) is 0 Å². The number of ether oxygens (including phenoxy) is 1. The highest BCUT2D eigenvalue weighted by Gasteiger charge is 2.21. The zero-order valence-corrected chi connectivity index (χ0v) is 13.6. The van der Waals surface area contributed by atoms with Gasteiger partial charge >= 0.3 is 0 Å². The Morgan fingerprint density at radius 1 is 1.48 bits per heavy atom. The first-order chi connectivity index (χ1) is 9.99. The predicted octanol–water partition coefficient (Wildman–Crippen LogP) is 2.28. The minimum atomic E-state index is 0.0963. The lowest BCUT2D eigenvalue weighted by molar-refractivity contribution is 0.101. The molecule has 1 aliphatic rings. The first kappa shape index (κ1) is 16.0. The average molecular weight is 290 g/mol. The lowest BCUT2D eigenvalue weighted by atomic mass is 10.1. The molecule has 1 aromatic carbocycles. The minimum Gasteiger partial charge on any atom is -0.496 e. The molecule has 0 aliphatic carbocycles. The molecule has 4 nitrogen and oxygen atoms in total. The quantitative estimate of drug-likeness (QED) is 0.753. The highest BCUT2D eigenvalue weighted by Crippen LogP contribution is 2.23. The number of methoxy groups -OCH3 is 1. The molecule has 21 heavy (non-hydrogen) atoms. The molecule has 1 unspecified atom stereocenters. The summed E-state index contributed by atoms with van der Waals surface area (Å²) >= 11 is 0. The minimum absolute atomic E-state index is 0.0963. The van der Waals surface area contributed by atoms with Crippen LogP contribution >= 0.6 is 0 Å². The second-order valence-corrected chi connectivity index (χ2v) is 6.20. The number of rotatable bonds is 6. The molecule has 0 amide bonds. The number of carbonyl (C=O) groups excluding carboxylic acids is 1. The van der Waals surface area contributed by atoms with Gasteiger partial charge in [-0.25, -0.2) is 0 Å². The molecule has 0 spiro atoms. The molecule has 4 heteroatoms. The first-order valence-corrected chi connectivity index (χ1v) is 7.54. The van der Waals surface area contributed by atoms with Gasteiger partial charge in [-0.15, -0.1) is 0 Å². The highest BCUT2D eigenvalue weighted by atomic mass is 16.5. The van der Waals surface area contributed by atoms with Gasteiger partial charge in [0, 0.05) is 30.8 Å². The van der Waals surface area contributed by atoms with E-state index in [1.807, 2.05) is 18.2 Å². The van der Waals surface area contributed by atoms with Crippen LogP contribution in [0.4, 0.5) is 0 Å². The van der Waals surface area contributed by atoms with E-state index in [0.29, 0.717) is 0 Å². The number of carbonyl (C=O) groups is 1. The van der Waals surface area contributed by atoms with Crippen molar-refractivity contribution in [3.8, 4) is 5.75 Å². The van der Waals surface area contributed by atoms with Crippen molar-refractivity contribution >= 4 is 5.78 Å². The molecular formula is C17H26N2O2. The molecule has 1 aliphatic heterocycles. The fraction of sp³-hybridized carbons (Fsp3) is 0.588. The Bertz CT molecular complexity index is 502. The smallest absolute Gasteiger partial charge is 0.159 e. The second-order valence-electron chi connectivity index (χ2n) is 6.20. The van der Waals surface area contributed by atoms with Crippen LogP contribution in [0.5, 0.6) is 5.75 Å². The van der Waals surface area contributed by atoms with E-state index in [2.05, 4.69) is 23.9 Å². The summed E-state index contributed by atoms with van der Waals surface area (Å²) in [7, 11) is 6.00. The lowest BCUT2D eigenvalue weighted by Gasteiger charge is -2.22. The molecule has 0 radical (unpaired) electrons. The molecule has 0 aromatic heterocycles. The van der Waals surface area contributed by atoms with Crippen molar-refractivity contribution in [3.63, 3.8) is 0 Å². The summed E-state index contributed by atoms with van der Waals surface area (Å²) in [5.41, 5.74) is 1.83. The Morgan fingerprint density at radius 2 is 2.24 bits per heavy atom. The molecule has 0 bridgehead atoms. The summed E-state index contributed by atoms with van der Waals surface area (Å²) in [5.74, 6) is 1.69. The fourth-order valence-corrected chi connectivity index (χ4v) is 3.09. The van der Waals surface area contributed by atoms with Crippen LogP contribution in [0.15, 0.2) is 18.2 Å². The summed E-state index contributed by atoms with van der Waals surface area (Å²) in [6.45, 7) is 5.86. The van der Waals surface area contributed by atoms with Gasteiger partial charge in [-0.1, -0.05) is 0 Å². The number of benzene rings is 1. The molecule has 2 rings (SSSR count). The number of ketones is 1. The summed E-state index contributed by atoms with van der Waals surface area (Å²) < 4.78 is 5.42. The molecule has 1 heterocycles. The topological polar surface area (TPSA) is 32.8 Å². The van der Waals surface area contributed by atoms with Crippen LogP contribution in [0.2, 0.25) is 0 Å². The van der Waals surface area contributed by atoms with Crippen molar-refractivity contribution < 1.29 is 9.53 Å². The molecule has 1 fully saturated rings. The van der Waals surface area contributed by atoms with Crippen molar-refractivity contribution in [2.24, 2.45) is 5.92 Å². The highest BCUT2D eigenvalue weighted by molar-refractivity contribution is 5.94. The van der Waals surface area contributed by atoms with Gasteiger partial charge in [0.15, 0.2) is 5.78 Å². The van der Waals surface area contributed by atoms with E-state index in [-0.39, 0.29) is 5.78 Å². The van der Waals surface area contributed by atoms with Gasteiger partial charge in [0.1, 0.15) is 5.75 Å². The maximum atomic E-state index is 11.5. The van der Waals surface area contributed by atoms with Crippen molar-refractivity contribution in [2.75, 3.05) is 40.8 Å². The van der Waals surface area contributed by atoms with Gasteiger partial charge in [0.05, 0.1) is 7.11 Å². The normalized spacial score (nSPS) is 19.2. The number of hydrogen-bond acceptors (Lipinski definition) is 4. The Hall–Kier alpha value is -1.39. The van der Waals surface area contributed by atoms with E-state index >= 15 is 0 Å². The van der Waals surface area contributed by atoms with Crippen LogP contribution in [0, 0.1) is 5.92 Å². The zero-order valence-electron chi connectivity index (χ0n) is 13.6. The van der Waals surface area contributed by atoms with E-state index in [9.17, 15) is 4.79 Å². The Labute approximate surface area is 127 Å². The average Bonchev–Trinajstić information content (AvgIpc) is 2.83. The summed E-state index contributed by atoms with van der Waals surface area (Å²) in [4.78, 5) is 16.2. The van der Waals surface area contributed by atoms with Crippen LogP contribution in [-0.2, 0) is 6.54 Å². The number of nitrogens with zero attached hydrogens (tertiary/aromatic N) is 2. The number of likely N-dealkylation sites (tertiary alicyclic amines) is 1. The first-order valence-electron chi connectivity index (χ1n) is 7.54. The molecule has 0 saturated carbocycles. The maximum Gasteiger partial charge on any atom is 0.159 e. The SMILES string of the molecule is COc1ccc(C(C)=O)cc1CN(C)CC1CCN(C)C1. The fourth-order valence-electron chi connectivity index (χ4n) is 3.09. The summed E-state index contributed by atoms with van der Waals surface area (Å²) in [6.07, 6.45) is 1.27. The van der Waals surface area contributed by atoms with Crippen molar-refractivity contribution in [1.29, 1.82) is 0 Å². The largest absolute Gasteiger partial charge is 0.496 e. The van der Waals surface area contributed by atoms with E-state index in [4.69, 9.17) is 4.74 Å². The van der Waals surface area contributed by atoms with Crippen molar-refractivity contribution in [2.45, 2.75) is 19.9 Å².